The molecule has 26 heavy (non-hydrogen) atoms. The molecule has 0 bridgehead atoms. The molecule has 5 heteroatoms. The molecule has 4 nitrogen and oxygen atoms in total. The van der Waals surface area contributed by atoms with Gasteiger partial charge in [0.05, 0.1) is 7.11 Å². The van der Waals surface area contributed by atoms with E-state index >= 15 is 0 Å². The number of aliphatic imine (C=N–C) groups is 1. The van der Waals surface area contributed by atoms with Gasteiger partial charge in [-0.15, -0.1) is 24.0 Å². The van der Waals surface area contributed by atoms with Crippen LogP contribution < -0.4 is 15.4 Å². The van der Waals surface area contributed by atoms with E-state index in [-0.39, 0.29) is 24.0 Å². The smallest absolute Gasteiger partial charge is 0.191 e. The molecule has 1 unspecified atom stereocenters. The van der Waals surface area contributed by atoms with Crippen LogP contribution in [0.2, 0.25) is 0 Å². The first-order valence-electron chi connectivity index (χ1n) is 9.03. The van der Waals surface area contributed by atoms with Gasteiger partial charge < -0.3 is 15.4 Å². The molecule has 0 aliphatic heterocycles. The summed E-state index contributed by atoms with van der Waals surface area (Å²) in [6.07, 6.45) is 2.04. The van der Waals surface area contributed by atoms with Gasteiger partial charge in [-0.3, -0.25) is 4.99 Å². The SMILES string of the molecule is CCNC(=NCC1Cc2ccccc21)NCCc1ccccc1OC.I. The van der Waals surface area contributed by atoms with Gasteiger partial charge in [0.25, 0.3) is 0 Å². The highest BCUT2D eigenvalue weighted by Gasteiger charge is 2.24. The van der Waals surface area contributed by atoms with E-state index in [1.54, 1.807) is 7.11 Å². The van der Waals surface area contributed by atoms with Crippen LogP contribution in [0.1, 0.15) is 29.5 Å². The number of para-hydroxylation sites is 1. The number of methoxy groups -OCH3 is 1. The molecule has 0 aromatic heterocycles. The summed E-state index contributed by atoms with van der Waals surface area (Å²) in [4.78, 5) is 4.77. The maximum Gasteiger partial charge on any atom is 0.191 e. The van der Waals surface area contributed by atoms with Crippen LogP contribution in [0.3, 0.4) is 0 Å². The zero-order valence-electron chi connectivity index (χ0n) is 15.5. The molecule has 0 saturated carbocycles. The second-order valence-corrected chi connectivity index (χ2v) is 6.31. The molecule has 0 heterocycles. The first kappa shape index (κ1) is 20.6. The number of hydrogen-bond acceptors (Lipinski definition) is 2. The number of nitrogens with one attached hydrogen (secondary N) is 2. The molecule has 1 aliphatic carbocycles. The third-order valence-electron chi connectivity index (χ3n) is 4.65. The fourth-order valence-corrected chi connectivity index (χ4v) is 3.29. The van der Waals surface area contributed by atoms with E-state index in [0.29, 0.717) is 5.92 Å². The van der Waals surface area contributed by atoms with Crippen molar-refractivity contribution in [2.45, 2.75) is 25.7 Å². The van der Waals surface area contributed by atoms with Crippen LogP contribution in [0.4, 0.5) is 0 Å². The predicted molar refractivity (Wildman–Crippen MR) is 119 cm³/mol. The molecule has 0 amide bonds. The molecule has 2 aromatic rings. The Balaban J connectivity index is 0.00000243. The molecule has 0 saturated heterocycles. The number of halogens is 1. The van der Waals surface area contributed by atoms with Crippen molar-refractivity contribution in [1.29, 1.82) is 0 Å². The van der Waals surface area contributed by atoms with E-state index in [4.69, 9.17) is 9.73 Å². The Bertz CT molecular complexity index is 733. The Kier molecular flexibility index (Phi) is 8.22. The van der Waals surface area contributed by atoms with Crippen LogP contribution in [0.15, 0.2) is 53.5 Å². The standard InChI is InChI=1S/C21H27N3O.HI/c1-3-22-21(23-13-12-16-8-5-7-11-20(16)25-2)24-15-18-14-17-9-4-6-10-19(17)18;/h4-11,18H,3,12-15H2,1-2H3,(H2,22,23,24);1H. The van der Waals surface area contributed by atoms with Crippen molar-refractivity contribution in [3.8, 4) is 5.75 Å². The summed E-state index contributed by atoms with van der Waals surface area (Å²) in [5, 5.41) is 6.76. The van der Waals surface area contributed by atoms with Crippen LogP contribution in [0.25, 0.3) is 0 Å². The van der Waals surface area contributed by atoms with Crippen molar-refractivity contribution in [3.05, 3.63) is 65.2 Å². The van der Waals surface area contributed by atoms with E-state index in [2.05, 4.69) is 47.9 Å². The second kappa shape index (κ2) is 10.4. The first-order chi connectivity index (χ1) is 12.3. The highest BCUT2D eigenvalue weighted by Crippen LogP contribution is 2.34. The van der Waals surface area contributed by atoms with Gasteiger partial charge in [0.15, 0.2) is 5.96 Å². The summed E-state index contributed by atoms with van der Waals surface area (Å²) < 4.78 is 5.41. The monoisotopic (exact) mass is 465 g/mol. The molecular weight excluding hydrogens is 437 g/mol. The van der Waals surface area contributed by atoms with Crippen LogP contribution in [0.5, 0.6) is 5.75 Å². The van der Waals surface area contributed by atoms with Crippen LogP contribution >= 0.6 is 24.0 Å². The largest absolute Gasteiger partial charge is 0.496 e. The fourth-order valence-electron chi connectivity index (χ4n) is 3.29. The molecule has 0 radical (unpaired) electrons. The number of guanidine groups is 1. The van der Waals surface area contributed by atoms with Gasteiger partial charge in [-0.2, -0.15) is 0 Å². The molecular formula is C21H28IN3O. The molecule has 0 fully saturated rings. The first-order valence-corrected chi connectivity index (χ1v) is 9.03. The summed E-state index contributed by atoms with van der Waals surface area (Å²) >= 11 is 0. The third-order valence-corrected chi connectivity index (χ3v) is 4.65. The number of hydrogen-bond donors (Lipinski definition) is 2. The maximum atomic E-state index is 5.41. The molecule has 0 spiro atoms. The van der Waals surface area contributed by atoms with Crippen LogP contribution in [-0.4, -0.2) is 32.7 Å². The van der Waals surface area contributed by atoms with Crippen LogP contribution in [-0.2, 0) is 12.8 Å². The Morgan fingerprint density at radius 3 is 2.65 bits per heavy atom. The van der Waals surface area contributed by atoms with Crippen molar-refractivity contribution in [3.63, 3.8) is 0 Å². The minimum absolute atomic E-state index is 0. The van der Waals surface area contributed by atoms with Gasteiger partial charge in [-0.05, 0) is 42.5 Å². The normalized spacial score (nSPS) is 15.3. The molecule has 2 aromatic carbocycles. The van der Waals surface area contributed by atoms with Gasteiger partial charge in [-0.1, -0.05) is 42.5 Å². The van der Waals surface area contributed by atoms with Crippen molar-refractivity contribution in [1.82, 2.24) is 10.6 Å². The summed E-state index contributed by atoms with van der Waals surface area (Å²) in [7, 11) is 1.72. The maximum absolute atomic E-state index is 5.41. The summed E-state index contributed by atoms with van der Waals surface area (Å²) in [6.45, 7) is 4.62. The lowest BCUT2D eigenvalue weighted by Gasteiger charge is -2.29. The van der Waals surface area contributed by atoms with E-state index in [1.807, 2.05) is 18.2 Å². The van der Waals surface area contributed by atoms with Gasteiger partial charge in [0.2, 0.25) is 0 Å². The lowest BCUT2D eigenvalue weighted by atomic mass is 9.78. The van der Waals surface area contributed by atoms with E-state index < -0.39 is 0 Å². The Hall–Kier alpha value is -1.76. The molecule has 2 N–H and O–H groups in total. The number of ether oxygens (including phenoxy) is 1. The van der Waals surface area contributed by atoms with Crippen LogP contribution in [0, 0.1) is 0 Å². The summed E-state index contributed by atoms with van der Waals surface area (Å²) in [6, 6.07) is 16.8. The molecule has 140 valence electrons. The van der Waals surface area contributed by atoms with Crippen molar-refractivity contribution in [2.24, 2.45) is 4.99 Å². The third kappa shape index (κ3) is 5.13. The minimum atomic E-state index is 0. The zero-order valence-corrected chi connectivity index (χ0v) is 17.8. The van der Waals surface area contributed by atoms with E-state index in [1.165, 1.54) is 16.7 Å². The van der Waals surface area contributed by atoms with Gasteiger partial charge >= 0.3 is 0 Å². The van der Waals surface area contributed by atoms with Gasteiger partial charge in [0, 0.05) is 25.6 Å². The average Bonchev–Trinajstić information content (AvgIpc) is 2.63. The molecule has 1 atom stereocenters. The Morgan fingerprint density at radius 2 is 1.88 bits per heavy atom. The number of benzene rings is 2. The summed E-state index contributed by atoms with van der Waals surface area (Å²) in [5.74, 6) is 2.39. The van der Waals surface area contributed by atoms with E-state index in [0.717, 1.165) is 44.2 Å². The van der Waals surface area contributed by atoms with Gasteiger partial charge in [-0.25, -0.2) is 0 Å². The van der Waals surface area contributed by atoms with Crippen molar-refractivity contribution in [2.75, 3.05) is 26.7 Å². The Morgan fingerprint density at radius 1 is 1.12 bits per heavy atom. The van der Waals surface area contributed by atoms with Crippen molar-refractivity contribution < 1.29 is 4.74 Å². The van der Waals surface area contributed by atoms with E-state index in [9.17, 15) is 0 Å². The average molecular weight is 465 g/mol. The number of rotatable bonds is 7. The second-order valence-electron chi connectivity index (χ2n) is 6.31. The predicted octanol–water partition coefficient (Wildman–Crippen LogP) is 3.75. The number of nitrogens with zero attached hydrogens (tertiary/aromatic N) is 1. The minimum Gasteiger partial charge on any atom is -0.496 e. The van der Waals surface area contributed by atoms with Crippen molar-refractivity contribution >= 4 is 29.9 Å². The molecule has 1 aliphatic rings. The fraction of sp³-hybridized carbons (Fsp3) is 0.381. The van der Waals surface area contributed by atoms with Gasteiger partial charge in [0.1, 0.15) is 5.75 Å². The topological polar surface area (TPSA) is 45.7 Å². The summed E-state index contributed by atoms with van der Waals surface area (Å²) in [5.41, 5.74) is 4.13. The number of fused-ring (bicyclic) bond motifs is 1. The Labute approximate surface area is 173 Å². The lowest BCUT2D eigenvalue weighted by Crippen LogP contribution is -2.39. The lowest BCUT2D eigenvalue weighted by molar-refractivity contribution is 0.409. The highest BCUT2D eigenvalue weighted by atomic mass is 127. The highest BCUT2D eigenvalue weighted by molar-refractivity contribution is 14.0. The molecule has 3 rings (SSSR count). The zero-order chi connectivity index (χ0) is 17.5. The quantitative estimate of drug-likeness (QED) is 0.372.